The maximum atomic E-state index is 11.5. The average Bonchev–Trinajstić information content (AvgIpc) is 3.19. The number of methoxy groups -OCH3 is 1. The van der Waals surface area contributed by atoms with Crippen LogP contribution in [0, 0.1) is 0 Å². The highest BCUT2D eigenvalue weighted by Crippen LogP contribution is 2.40. The Morgan fingerprint density at radius 2 is 2.22 bits per heavy atom. The topological polar surface area (TPSA) is 144 Å². The molecule has 2 aliphatic rings. The highest BCUT2D eigenvalue weighted by atomic mass is 32.2. The molecule has 2 fully saturated rings. The summed E-state index contributed by atoms with van der Waals surface area (Å²) in [4.78, 5) is 12.3. The van der Waals surface area contributed by atoms with Crippen LogP contribution in [0.15, 0.2) is 6.33 Å². The van der Waals surface area contributed by atoms with Crippen molar-refractivity contribution >= 4 is 28.5 Å². The number of anilines is 1. The number of hydrogen-bond acceptors (Lipinski definition) is 10. The zero-order chi connectivity index (χ0) is 16.1. The normalized spacial score (nSPS) is 33.2. The fourth-order valence-electron chi connectivity index (χ4n) is 2.74. The molecule has 0 amide bonds. The standard InChI is InChI=1S/C11H13N5O6S/c1-19-9-5-8(14-11(12)15-9)16(3-13-5)10-7-6(4(2-17)20-10)21-23(18)22-7/h3-4,6-7,10,17H,2H2,1H3,(H2,12,14,15)/t4-,6-,7-,10-,23?/m1/s1. The van der Waals surface area contributed by atoms with E-state index in [1.54, 1.807) is 4.57 Å². The van der Waals surface area contributed by atoms with E-state index in [1.165, 1.54) is 13.4 Å². The van der Waals surface area contributed by atoms with Gasteiger partial charge >= 0.3 is 11.4 Å². The van der Waals surface area contributed by atoms with Crippen molar-refractivity contribution in [2.45, 2.75) is 24.5 Å². The van der Waals surface area contributed by atoms with Gasteiger partial charge in [-0.3, -0.25) is 12.9 Å². The number of nitrogen functional groups attached to an aromatic ring is 1. The van der Waals surface area contributed by atoms with Crippen molar-refractivity contribution in [3.05, 3.63) is 6.33 Å². The van der Waals surface area contributed by atoms with Crippen LogP contribution in [0.5, 0.6) is 5.88 Å². The van der Waals surface area contributed by atoms with Crippen LogP contribution < -0.4 is 10.5 Å². The first kappa shape index (κ1) is 14.7. The molecule has 1 unspecified atom stereocenters. The van der Waals surface area contributed by atoms with Crippen LogP contribution in [0.1, 0.15) is 6.23 Å². The molecule has 2 aromatic rings. The molecule has 23 heavy (non-hydrogen) atoms. The highest BCUT2D eigenvalue weighted by molar-refractivity contribution is 7.75. The van der Waals surface area contributed by atoms with Gasteiger partial charge in [0.05, 0.1) is 20.0 Å². The molecule has 12 heteroatoms. The molecule has 2 aromatic heterocycles. The van der Waals surface area contributed by atoms with E-state index in [9.17, 15) is 9.32 Å². The van der Waals surface area contributed by atoms with Gasteiger partial charge < -0.3 is 20.3 Å². The second-order valence-electron chi connectivity index (χ2n) is 4.99. The van der Waals surface area contributed by atoms with Gasteiger partial charge in [0.25, 0.3) is 0 Å². The lowest BCUT2D eigenvalue weighted by Crippen LogP contribution is -2.30. The van der Waals surface area contributed by atoms with Crippen molar-refractivity contribution in [3.8, 4) is 5.88 Å². The molecular weight excluding hydrogens is 330 g/mol. The van der Waals surface area contributed by atoms with Gasteiger partial charge in [-0.2, -0.15) is 14.2 Å². The van der Waals surface area contributed by atoms with E-state index in [0.29, 0.717) is 11.2 Å². The Hall–Kier alpha value is -1.86. The number of fused-ring (bicyclic) bond motifs is 2. The van der Waals surface area contributed by atoms with E-state index in [2.05, 4.69) is 15.0 Å². The Labute approximate surface area is 132 Å². The zero-order valence-corrected chi connectivity index (χ0v) is 12.7. The number of aromatic nitrogens is 4. The summed E-state index contributed by atoms with van der Waals surface area (Å²) in [5, 5.41) is 9.40. The second kappa shape index (κ2) is 5.35. The Morgan fingerprint density at radius 1 is 1.43 bits per heavy atom. The van der Waals surface area contributed by atoms with Crippen LogP contribution in [0.25, 0.3) is 11.2 Å². The van der Waals surface area contributed by atoms with E-state index < -0.39 is 35.9 Å². The van der Waals surface area contributed by atoms with Crippen LogP contribution in [0.2, 0.25) is 0 Å². The summed E-state index contributed by atoms with van der Waals surface area (Å²) in [7, 11) is 1.45. The summed E-state index contributed by atoms with van der Waals surface area (Å²) in [5.74, 6) is 0.239. The first-order valence-corrected chi connectivity index (χ1v) is 7.68. The molecule has 0 spiro atoms. The van der Waals surface area contributed by atoms with Gasteiger partial charge in [-0.05, 0) is 0 Å². The van der Waals surface area contributed by atoms with Gasteiger partial charge in [-0.25, -0.2) is 4.98 Å². The molecule has 3 N–H and O–H groups in total. The molecule has 0 saturated carbocycles. The summed E-state index contributed by atoms with van der Waals surface area (Å²) in [5.41, 5.74) is 6.45. The SMILES string of the molecule is COc1nc(N)nc2c1ncn2[C@@H]1O[C@H](CO)[C@H]2OS(=O)O[C@H]21. The van der Waals surface area contributed by atoms with Crippen LogP contribution in [0.4, 0.5) is 5.95 Å². The Bertz CT molecular complexity index is 784. The first-order chi connectivity index (χ1) is 11.1. The summed E-state index contributed by atoms with van der Waals surface area (Å²) in [6, 6.07) is 0. The van der Waals surface area contributed by atoms with Crippen LogP contribution >= 0.6 is 0 Å². The van der Waals surface area contributed by atoms with Crippen molar-refractivity contribution < 1.29 is 27.2 Å². The summed E-state index contributed by atoms with van der Waals surface area (Å²) in [6.07, 6.45) is -1.26. The first-order valence-electron chi connectivity index (χ1n) is 6.68. The van der Waals surface area contributed by atoms with Crippen molar-refractivity contribution in [1.29, 1.82) is 0 Å². The molecule has 0 aliphatic carbocycles. The lowest BCUT2D eigenvalue weighted by atomic mass is 10.1. The van der Waals surface area contributed by atoms with Crippen molar-refractivity contribution in [2.24, 2.45) is 0 Å². The Balaban J connectivity index is 1.80. The summed E-state index contributed by atoms with van der Waals surface area (Å²) in [6.45, 7) is -0.300. The van der Waals surface area contributed by atoms with E-state index in [1.807, 2.05) is 0 Å². The lowest BCUT2D eigenvalue weighted by molar-refractivity contribution is -0.0525. The molecule has 11 nitrogen and oxygen atoms in total. The van der Waals surface area contributed by atoms with E-state index in [-0.39, 0.29) is 18.4 Å². The van der Waals surface area contributed by atoms with E-state index in [0.717, 1.165) is 0 Å². The van der Waals surface area contributed by atoms with Gasteiger partial charge in [-0.15, -0.1) is 0 Å². The number of ether oxygens (including phenoxy) is 2. The van der Waals surface area contributed by atoms with Crippen molar-refractivity contribution in [1.82, 2.24) is 19.5 Å². The molecule has 2 saturated heterocycles. The van der Waals surface area contributed by atoms with Gasteiger partial charge in [0.2, 0.25) is 11.8 Å². The van der Waals surface area contributed by atoms with E-state index in [4.69, 9.17) is 23.6 Å². The third-order valence-electron chi connectivity index (χ3n) is 3.72. The van der Waals surface area contributed by atoms with Crippen LogP contribution in [0.3, 0.4) is 0 Å². The third kappa shape index (κ3) is 2.18. The predicted octanol–water partition coefficient (Wildman–Crippen LogP) is -1.33. The Kier molecular flexibility index (Phi) is 3.42. The summed E-state index contributed by atoms with van der Waals surface area (Å²) >= 11 is -1.89. The molecule has 0 radical (unpaired) electrons. The number of imidazole rings is 1. The monoisotopic (exact) mass is 343 g/mol. The molecule has 4 rings (SSSR count). The molecule has 0 bridgehead atoms. The second-order valence-corrected chi connectivity index (χ2v) is 5.78. The lowest BCUT2D eigenvalue weighted by Gasteiger charge is -2.17. The number of hydrogen-bond donors (Lipinski definition) is 2. The molecule has 5 atom stereocenters. The quantitative estimate of drug-likeness (QED) is 0.687. The average molecular weight is 343 g/mol. The summed E-state index contributed by atoms with van der Waals surface area (Å²) < 4.78 is 34.3. The molecule has 124 valence electrons. The fraction of sp³-hybridized carbons (Fsp3) is 0.545. The number of nitrogens with zero attached hydrogens (tertiary/aromatic N) is 4. The van der Waals surface area contributed by atoms with Gasteiger partial charge in [0.15, 0.2) is 23.5 Å². The minimum Gasteiger partial charge on any atom is -0.479 e. The smallest absolute Gasteiger partial charge is 0.305 e. The van der Waals surface area contributed by atoms with E-state index >= 15 is 0 Å². The fourth-order valence-corrected chi connectivity index (χ4v) is 3.58. The van der Waals surface area contributed by atoms with Crippen molar-refractivity contribution in [3.63, 3.8) is 0 Å². The Morgan fingerprint density at radius 3 is 2.96 bits per heavy atom. The van der Waals surface area contributed by atoms with Crippen LogP contribution in [-0.4, -0.2) is 60.9 Å². The molecular formula is C11H13N5O6S. The van der Waals surface area contributed by atoms with Crippen molar-refractivity contribution in [2.75, 3.05) is 19.5 Å². The highest BCUT2D eigenvalue weighted by Gasteiger charge is 2.54. The van der Waals surface area contributed by atoms with Gasteiger partial charge in [0.1, 0.15) is 12.2 Å². The number of nitrogens with two attached hydrogens (primary N) is 1. The molecule has 2 aliphatic heterocycles. The number of aliphatic hydroxyl groups excluding tert-OH is 1. The zero-order valence-electron chi connectivity index (χ0n) is 11.9. The van der Waals surface area contributed by atoms with Gasteiger partial charge in [0, 0.05) is 0 Å². The maximum absolute atomic E-state index is 11.5. The number of rotatable bonds is 3. The maximum Gasteiger partial charge on any atom is 0.305 e. The molecule has 0 aromatic carbocycles. The third-order valence-corrected chi connectivity index (χ3v) is 4.48. The van der Waals surface area contributed by atoms with Crippen LogP contribution in [-0.2, 0) is 24.5 Å². The minimum atomic E-state index is -1.89. The molecule has 4 heterocycles. The minimum absolute atomic E-state index is 0.0107. The van der Waals surface area contributed by atoms with Gasteiger partial charge in [-0.1, -0.05) is 0 Å². The largest absolute Gasteiger partial charge is 0.479 e. The predicted molar refractivity (Wildman–Crippen MR) is 75.2 cm³/mol. The number of aliphatic hydroxyl groups is 1.